The van der Waals surface area contributed by atoms with Gasteiger partial charge >= 0.3 is 0 Å². The molecule has 116 valence electrons. The summed E-state index contributed by atoms with van der Waals surface area (Å²) in [7, 11) is 0. The van der Waals surface area contributed by atoms with E-state index in [1.54, 1.807) is 12.1 Å². The first-order valence-electron chi connectivity index (χ1n) is 7.83. The van der Waals surface area contributed by atoms with Gasteiger partial charge < -0.3 is 10.2 Å². The van der Waals surface area contributed by atoms with E-state index >= 15 is 0 Å². The summed E-state index contributed by atoms with van der Waals surface area (Å²) in [5, 5.41) is 22.5. The number of phenols is 2. The van der Waals surface area contributed by atoms with Gasteiger partial charge in [0.2, 0.25) is 0 Å². The highest BCUT2D eigenvalue weighted by molar-refractivity contribution is 5.95. The summed E-state index contributed by atoms with van der Waals surface area (Å²) in [6, 6.07) is 26.9. The molecule has 4 rings (SSSR count). The lowest BCUT2D eigenvalue weighted by Gasteiger charge is -2.11. The molecule has 0 saturated heterocycles. The van der Waals surface area contributed by atoms with Gasteiger partial charge in [0.15, 0.2) is 0 Å². The summed E-state index contributed by atoms with van der Waals surface area (Å²) in [5.41, 5.74) is 3.50. The Morgan fingerprint density at radius 2 is 0.833 bits per heavy atom. The van der Waals surface area contributed by atoms with Crippen LogP contribution < -0.4 is 0 Å². The highest BCUT2D eigenvalue weighted by Crippen LogP contribution is 2.38. The van der Waals surface area contributed by atoms with Crippen LogP contribution >= 0.6 is 0 Å². The summed E-state index contributed by atoms with van der Waals surface area (Å²) in [6.45, 7) is 0. The molecule has 0 amide bonds. The van der Waals surface area contributed by atoms with Gasteiger partial charge in [-0.05, 0) is 46.2 Å². The third kappa shape index (κ3) is 2.48. The summed E-state index contributed by atoms with van der Waals surface area (Å²) in [5.74, 6) is 0.418. The molecule has 0 aliphatic rings. The molecule has 0 radical (unpaired) electrons. The lowest BCUT2D eigenvalue weighted by Crippen LogP contribution is -1.84. The largest absolute Gasteiger partial charge is 0.507 e. The van der Waals surface area contributed by atoms with Gasteiger partial charge in [-0.25, -0.2) is 0 Å². The molecule has 0 atom stereocenters. The van der Waals surface area contributed by atoms with Gasteiger partial charge in [-0.2, -0.15) is 0 Å². The van der Waals surface area contributed by atoms with Crippen molar-refractivity contribution in [3.63, 3.8) is 0 Å². The predicted octanol–water partition coefficient (Wildman–Crippen LogP) is 5.59. The molecule has 0 unspecified atom stereocenters. The number of fused-ring (bicyclic) bond motifs is 1. The maximum absolute atomic E-state index is 10.4. The molecule has 0 spiro atoms. The van der Waals surface area contributed by atoms with Crippen LogP contribution in [0.25, 0.3) is 33.0 Å². The van der Waals surface area contributed by atoms with E-state index in [1.807, 2.05) is 72.8 Å². The van der Waals surface area contributed by atoms with Crippen LogP contribution in [0.3, 0.4) is 0 Å². The Kier molecular flexibility index (Phi) is 3.43. The fraction of sp³-hybridized carbons (Fsp3) is 0. The van der Waals surface area contributed by atoms with Crippen molar-refractivity contribution >= 4 is 10.8 Å². The first kappa shape index (κ1) is 14.3. The molecule has 0 heterocycles. The minimum atomic E-state index is 0.209. The van der Waals surface area contributed by atoms with Crippen molar-refractivity contribution in [2.75, 3.05) is 0 Å². The number of hydrogen-bond acceptors (Lipinski definition) is 2. The van der Waals surface area contributed by atoms with Gasteiger partial charge in [0.1, 0.15) is 11.5 Å². The Morgan fingerprint density at radius 3 is 1.25 bits per heavy atom. The third-order valence-electron chi connectivity index (χ3n) is 4.24. The summed E-state index contributed by atoms with van der Waals surface area (Å²) in [4.78, 5) is 0. The van der Waals surface area contributed by atoms with Crippen LogP contribution in [0.1, 0.15) is 0 Å². The Hall–Kier alpha value is -3.26. The fourth-order valence-corrected chi connectivity index (χ4v) is 3.02. The first-order valence-corrected chi connectivity index (χ1v) is 7.83. The quantitative estimate of drug-likeness (QED) is 0.507. The molecule has 0 aliphatic carbocycles. The standard InChI is InChI=1S/C22H16O2/c23-21-13-18-14-22(24)20(16-9-5-2-6-10-16)12-17(18)11-19(21)15-7-3-1-4-8-15/h1-14,23-24H. The topological polar surface area (TPSA) is 40.5 Å². The summed E-state index contributed by atoms with van der Waals surface area (Å²) >= 11 is 0. The van der Waals surface area contributed by atoms with Gasteiger partial charge in [0.25, 0.3) is 0 Å². The zero-order valence-electron chi connectivity index (χ0n) is 13.0. The van der Waals surface area contributed by atoms with Gasteiger partial charge in [0.05, 0.1) is 0 Å². The summed E-state index contributed by atoms with van der Waals surface area (Å²) < 4.78 is 0. The van der Waals surface area contributed by atoms with Crippen LogP contribution in [0.4, 0.5) is 0 Å². The van der Waals surface area contributed by atoms with Crippen LogP contribution in [0.15, 0.2) is 84.9 Å². The Bertz CT molecular complexity index is 926. The second-order valence-electron chi connectivity index (χ2n) is 5.82. The molecule has 0 bridgehead atoms. The molecule has 4 aromatic rings. The van der Waals surface area contributed by atoms with Crippen LogP contribution in [0, 0.1) is 0 Å². The maximum Gasteiger partial charge on any atom is 0.124 e. The predicted molar refractivity (Wildman–Crippen MR) is 98.1 cm³/mol. The third-order valence-corrected chi connectivity index (χ3v) is 4.24. The minimum absolute atomic E-state index is 0.209. The van der Waals surface area contributed by atoms with E-state index in [0.29, 0.717) is 0 Å². The Morgan fingerprint density at radius 1 is 0.458 bits per heavy atom. The molecular weight excluding hydrogens is 296 g/mol. The molecular formula is C22H16O2. The first-order chi connectivity index (χ1) is 11.7. The van der Waals surface area contributed by atoms with Gasteiger partial charge in [-0.3, -0.25) is 0 Å². The van der Waals surface area contributed by atoms with Crippen LogP contribution in [-0.4, -0.2) is 10.2 Å². The van der Waals surface area contributed by atoms with Gasteiger partial charge in [0, 0.05) is 11.1 Å². The van der Waals surface area contributed by atoms with Crippen molar-refractivity contribution in [1.29, 1.82) is 0 Å². The van der Waals surface area contributed by atoms with Crippen LogP contribution in [0.2, 0.25) is 0 Å². The summed E-state index contributed by atoms with van der Waals surface area (Å²) in [6.07, 6.45) is 0. The van der Waals surface area contributed by atoms with Crippen molar-refractivity contribution in [2.45, 2.75) is 0 Å². The molecule has 0 aliphatic heterocycles. The van der Waals surface area contributed by atoms with E-state index in [1.165, 1.54) is 0 Å². The van der Waals surface area contributed by atoms with E-state index < -0.39 is 0 Å². The molecule has 4 aromatic carbocycles. The van der Waals surface area contributed by atoms with E-state index in [9.17, 15) is 10.2 Å². The number of hydrogen-bond donors (Lipinski definition) is 2. The van der Waals surface area contributed by atoms with Crippen LogP contribution in [0.5, 0.6) is 11.5 Å². The average Bonchev–Trinajstić information content (AvgIpc) is 2.62. The number of rotatable bonds is 2. The molecule has 0 fully saturated rings. The monoisotopic (exact) mass is 312 g/mol. The maximum atomic E-state index is 10.4. The van der Waals surface area contributed by atoms with Crippen LogP contribution in [-0.2, 0) is 0 Å². The van der Waals surface area contributed by atoms with Gasteiger partial charge in [-0.1, -0.05) is 60.7 Å². The van der Waals surface area contributed by atoms with Crippen molar-refractivity contribution in [3.8, 4) is 33.8 Å². The highest BCUT2D eigenvalue weighted by Gasteiger charge is 2.10. The zero-order chi connectivity index (χ0) is 16.5. The van der Waals surface area contributed by atoms with Crippen molar-refractivity contribution in [1.82, 2.24) is 0 Å². The van der Waals surface area contributed by atoms with E-state index in [2.05, 4.69) is 0 Å². The fourth-order valence-electron chi connectivity index (χ4n) is 3.02. The highest BCUT2D eigenvalue weighted by atomic mass is 16.3. The van der Waals surface area contributed by atoms with E-state index in [0.717, 1.165) is 33.0 Å². The van der Waals surface area contributed by atoms with E-state index in [4.69, 9.17) is 0 Å². The lowest BCUT2D eigenvalue weighted by atomic mass is 9.96. The number of aromatic hydroxyl groups is 2. The van der Waals surface area contributed by atoms with Crippen molar-refractivity contribution in [2.24, 2.45) is 0 Å². The molecule has 24 heavy (non-hydrogen) atoms. The van der Waals surface area contributed by atoms with E-state index in [-0.39, 0.29) is 11.5 Å². The van der Waals surface area contributed by atoms with Crippen molar-refractivity contribution < 1.29 is 10.2 Å². The molecule has 0 aromatic heterocycles. The Balaban J connectivity index is 1.94. The van der Waals surface area contributed by atoms with Gasteiger partial charge in [-0.15, -0.1) is 0 Å². The Labute approximate surface area is 140 Å². The molecule has 0 saturated carbocycles. The minimum Gasteiger partial charge on any atom is -0.507 e. The average molecular weight is 312 g/mol. The lowest BCUT2D eigenvalue weighted by molar-refractivity contribution is 0.476. The zero-order valence-corrected chi connectivity index (χ0v) is 13.0. The smallest absolute Gasteiger partial charge is 0.124 e. The molecule has 2 nitrogen and oxygen atoms in total. The molecule has 2 heteroatoms. The molecule has 2 N–H and O–H groups in total. The SMILES string of the molecule is Oc1cc2cc(O)c(-c3ccccc3)cc2cc1-c1ccccc1. The second-order valence-corrected chi connectivity index (χ2v) is 5.82. The second kappa shape index (κ2) is 5.74. The number of phenolic OH excluding ortho intramolecular Hbond substituents is 2. The number of benzene rings is 4. The van der Waals surface area contributed by atoms with Crippen molar-refractivity contribution in [3.05, 3.63) is 84.9 Å². The normalized spacial score (nSPS) is 10.8.